The third-order valence-electron chi connectivity index (χ3n) is 2.19. The first-order chi connectivity index (χ1) is 9.87. The highest BCUT2D eigenvalue weighted by atomic mass is 17.3. The Labute approximate surface area is 134 Å². The van der Waals surface area contributed by atoms with E-state index in [1.165, 1.54) is 0 Å². The molecule has 0 saturated carbocycles. The molecule has 0 bridgehead atoms. The van der Waals surface area contributed by atoms with E-state index in [1.807, 2.05) is 48.5 Å². The minimum Gasteiger partial charge on any atom is -0.466 e. The van der Waals surface area contributed by atoms with Crippen molar-refractivity contribution in [3.05, 3.63) is 0 Å². The lowest BCUT2D eigenvalue weighted by Gasteiger charge is -2.32. The zero-order valence-electron chi connectivity index (χ0n) is 15.3. The number of carbonyl (C=O) groups is 1. The van der Waals surface area contributed by atoms with Gasteiger partial charge in [0, 0.05) is 6.42 Å². The third kappa shape index (κ3) is 11.9. The Kier molecular flexibility index (Phi) is 8.54. The predicted octanol–water partition coefficient (Wildman–Crippen LogP) is 3.93. The van der Waals surface area contributed by atoms with E-state index < -0.39 is 17.0 Å². The molecule has 0 atom stereocenters. The predicted molar refractivity (Wildman–Crippen MR) is 82.7 cm³/mol. The molecule has 0 aliphatic heterocycles. The minimum absolute atomic E-state index is 0.150. The first-order valence-corrected chi connectivity index (χ1v) is 7.76. The molecule has 0 rings (SSSR count). The van der Waals surface area contributed by atoms with Crippen LogP contribution in [0.5, 0.6) is 0 Å². The molecule has 0 aromatic rings. The van der Waals surface area contributed by atoms with Gasteiger partial charge in [-0.3, -0.25) is 4.79 Å². The van der Waals surface area contributed by atoms with Crippen molar-refractivity contribution < 1.29 is 29.1 Å². The maximum Gasteiger partial charge on any atom is 0.305 e. The average molecular weight is 320 g/mol. The fourth-order valence-electron chi connectivity index (χ4n) is 1.14. The summed E-state index contributed by atoms with van der Waals surface area (Å²) in [5, 5.41) is 0. The molecule has 0 aliphatic carbocycles. The van der Waals surface area contributed by atoms with Crippen LogP contribution in [0.15, 0.2) is 0 Å². The number of hydrogen-bond acceptors (Lipinski definition) is 6. The van der Waals surface area contributed by atoms with Gasteiger partial charge in [0.15, 0.2) is 0 Å². The highest BCUT2D eigenvalue weighted by molar-refractivity contribution is 5.69. The second-order valence-corrected chi connectivity index (χ2v) is 7.41. The number of hydrogen-bond donors (Lipinski definition) is 0. The molecule has 0 N–H and O–H groups in total. The van der Waals surface area contributed by atoms with Gasteiger partial charge in [-0.25, -0.2) is 9.78 Å². The number of ether oxygens (including phenoxy) is 1. The summed E-state index contributed by atoms with van der Waals surface area (Å²) < 4.78 is 5.05. The molecular formula is C16H32O6. The van der Waals surface area contributed by atoms with Crippen LogP contribution in [0.25, 0.3) is 0 Å². The Bertz CT molecular complexity index is 309. The van der Waals surface area contributed by atoms with Crippen LogP contribution in [0, 0.1) is 0 Å². The van der Waals surface area contributed by atoms with Crippen molar-refractivity contribution in [1.29, 1.82) is 0 Å². The number of esters is 1. The van der Waals surface area contributed by atoms with Crippen molar-refractivity contribution in [2.75, 3.05) is 6.61 Å². The molecule has 0 aliphatic rings. The van der Waals surface area contributed by atoms with Crippen molar-refractivity contribution in [2.45, 2.75) is 91.6 Å². The van der Waals surface area contributed by atoms with E-state index in [2.05, 4.69) is 0 Å². The third-order valence-corrected chi connectivity index (χ3v) is 2.19. The van der Waals surface area contributed by atoms with Gasteiger partial charge in [-0.2, -0.15) is 9.78 Å². The molecule has 6 heteroatoms. The maximum absolute atomic E-state index is 11.6. The average Bonchev–Trinajstić information content (AvgIpc) is 2.37. The van der Waals surface area contributed by atoms with Crippen LogP contribution in [0.3, 0.4) is 0 Å². The lowest BCUT2D eigenvalue weighted by Crippen LogP contribution is -2.39. The fourth-order valence-corrected chi connectivity index (χ4v) is 1.14. The van der Waals surface area contributed by atoms with Gasteiger partial charge >= 0.3 is 5.97 Å². The molecule has 0 unspecified atom stereocenters. The van der Waals surface area contributed by atoms with Crippen molar-refractivity contribution >= 4 is 5.97 Å². The van der Waals surface area contributed by atoms with E-state index >= 15 is 0 Å². The molecule has 0 radical (unpaired) electrons. The van der Waals surface area contributed by atoms with E-state index in [4.69, 9.17) is 24.3 Å². The lowest BCUT2D eigenvalue weighted by atomic mass is 10.1. The first-order valence-electron chi connectivity index (χ1n) is 7.76. The first kappa shape index (κ1) is 21.3. The van der Waals surface area contributed by atoms with Crippen LogP contribution >= 0.6 is 0 Å². The molecule has 0 fully saturated rings. The Morgan fingerprint density at radius 1 is 0.818 bits per heavy atom. The Morgan fingerprint density at radius 3 is 1.64 bits per heavy atom. The van der Waals surface area contributed by atoms with Crippen molar-refractivity contribution in [2.24, 2.45) is 0 Å². The van der Waals surface area contributed by atoms with Crippen LogP contribution in [0.4, 0.5) is 0 Å². The molecule has 0 saturated heterocycles. The van der Waals surface area contributed by atoms with E-state index in [0.717, 1.165) is 6.42 Å². The quantitative estimate of drug-likeness (QED) is 0.278. The van der Waals surface area contributed by atoms with E-state index in [-0.39, 0.29) is 18.8 Å². The second-order valence-electron chi connectivity index (χ2n) is 7.41. The molecule has 22 heavy (non-hydrogen) atoms. The molecule has 6 nitrogen and oxygen atoms in total. The van der Waals surface area contributed by atoms with Gasteiger partial charge < -0.3 is 4.74 Å². The molecule has 0 aromatic heterocycles. The molecule has 0 amide bonds. The summed E-state index contributed by atoms with van der Waals surface area (Å²) in [6, 6.07) is 0. The van der Waals surface area contributed by atoms with Crippen LogP contribution < -0.4 is 0 Å². The normalized spacial score (nSPS) is 13.3. The highest BCUT2D eigenvalue weighted by Gasteiger charge is 2.34. The maximum atomic E-state index is 11.6. The van der Waals surface area contributed by atoms with E-state index in [0.29, 0.717) is 6.61 Å². The molecule has 0 aromatic carbocycles. The summed E-state index contributed by atoms with van der Waals surface area (Å²) in [5.74, 6) is -1.50. The SMILES string of the molecule is CCCOC(=O)CCC(C)(OOC(C)(C)C)OOC(C)(C)C. The number of carbonyl (C=O) groups excluding carboxylic acids is 1. The van der Waals surface area contributed by atoms with Crippen LogP contribution in [-0.4, -0.2) is 29.6 Å². The van der Waals surface area contributed by atoms with Crippen molar-refractivity contribution in [3.8, 4) is 0 Å². The zero-order chi connectivity index (χ0) is 17.4. The fraction of sp³-hybridized carbons (Fsp3) is 0.938. The van der Waals surface area contributed by atoms with Gasteiger partial charge in [0.05, 0.1) is 24.2 Å². The van der Waals surface area contributed by atoms with Crippen molar-refractivity contribution in [1.82, 2.24) is 0 Å². The van der Waals surface area contributed by atoms with Gasteiger partial charge in [-0.1, -0.05) is 6.92 Å². The monoisotopic (exact) mass is 320 g/mol. The summed E-state index contributed by atoms with van der Waals surface area (Å²) in [4.78, 5) is 33.0. The summed E-state index contributed by atoms with van der Waals surface area (Å²) in [5.41, 5.74) is -1.01. The van der Waals surface area contributed by atoms with Crippen LogP contribution in [0.2, 0.25) is 0 Å². The molecule has 132 valence electrons. The minimum atomic E-state index is -1.20. The summed E-state index contributed by atoms with van der Waals surface area (Å²) in [6.45, 7) is 15.1. The van der Waals surface area contributed by atoms with Gasteiger partial charge in [0.1, 0.15) is 0 Å². The van der Waals surface area contributed by atoms with Gasteiger partial charge in [-0.15, -0.1) is 0 Å². The molecule has 0 heterocycles. The Hall–Kier alpha value is -0.690. The van der Waals surface area contributed by atoms with Crippen LogP contribution in [0.1, 0.15) is 74.7 Å². The Morgan fingerprint density at radius 2 is 1.27 bits per heavy atom. The zero-order valence-corrected chi connectivity index (χ0v) is 15.3. The highest BCUT2D eigenvalue weighted by Crippen LogP contribution is 2.26. The second kappa shape index (κ2) is 8.82. The summed E-state index contributed by atoms with van der Waals surface area (Å²) in [7, 11) is 0. The van der Waals surface area contributed by atoms with E-state index in [1.54, 1.807) is 6.92 Å². The van der Waals surface area contributed by atoms with Gasteiger partial charge in [-0.05, 0) is 54.9 Å². The van der Waals surface area contributed by atoms with Gasteiger partial charge in [0.25, 0.3) is 0 Å². The molecule has 0 spiro atoms. The van der Waals surface area contributed by atoms with E-state index in [9.17, 15) is 4.79 Å². The topological polar surface area (TPSA) is 63.2 Å². The smallest absolute Gasteiger partial charge is 0.305 e. The summed E-state index contributed by atoms with van der Waals surface area (Å²) in [6.07, 6.45) is 1.19. The number of rotatable bonds is 9. The Balaban J connectivity index is 4.59. The molecular weight excluding hydrogens is 288 g/mol. The van der Waals surface area contributed by atoms with Crippen LogP contribution in [-0.2, 0) is 29.1 Å². The van der Waals surface area contributed by atoms with Crippen molar-refractivity contribution in [3.63, 3.8) is 0 Å². The lowest BCUT2D eigenvalue weighted by molar-refractivity contribution is -0.537. The summed E-state index contributed by atoms with van der Waals surface area (Å²) >= 11 is 0. The van der Waals surface area contributed by atoms with Gasteiger partial charge in [0.2, 0.25) is 5.79 Å². The standard InChI is InChI=1S/C16H32O6/c1-9-12-18-13(17)10-11-16(8,21-19-14(2,3)4)22-20-15(5,6)7/h9-12H2,1-8H3. The largest absolute Gasteiger partial charge is 0.466 e.